The van der Waals surface area contributed by atoms with Gasteiger partial charge in [0.25, 0.3) is 5.91 Å². The van der Waals surface area contributed by atoms with Gasteiger partial charge in [-0.25, -0.2) is 0 Å². The molecule has 0 fully saturated rings. The maximum Gasteiger partial charge on any atom is 0.253 e. The molecule has 3 rings (SSSR count). The SMILES string of the molecule is Cc1ccc(-c2cc(CNC(=O)c3ccc(=O)[nH]c3)no2)cc1. The van der Waals surface area contributed by atoms with Gasteiger partial charge in [0.05, 0.1) is 12.1 Å². The number of nitrogens with zero attached hydrogens (tertiary/aromatic N) is 1. The first-order valence-corrected chi connectivity index (χ1v) is 7.11. The number of aromatic nitrogens is 2. The van der Waals surface area contributed by atoms with Gasteiger partial charge in [0.2, 0.25) is 5.56 Å². The average Bonchev–Trinajstić information content (AvgIpc) is 3.03. The lowest BCUT2D eigenvalue weighted by atomic mass is 10.1. The van der Waals surface area contributed by atoms with Gasteiger partial charge < -0.3 is 14.8 Å². The van der Waals surface area contributed by atoms with Crippen molar-refractivity contribution >= 4 is 5.91 Å². The van der Waals surface area contributed by atoms with E-state index >= 15 is 0 Å². The molecule has 2 aromatic heterocycles. The van der Waals surface area contributed by atoms with E-state index in [-0.39, 0.29) is 18.0 Å². The van der Waals surface area contributed by atoms with Crippen LogP contribution in [0.5, 0.6) is 0 Å². The predicted molar refractivity (Wildman–Crippen MR) is 84.9 cm³/mol. The minimum absolute atomic E-state index is 0.243. The van der Waals surface area contributed by atoms with Crippen LogP contribution in [0.15, 0.2) is 58.0 Å². The lowest BCUT2D eigenvalue weighted by Crippen LogP contribution is -2.23. The molecular weight excluding hydrogens is 294 g/mol. The second-order valence-electron chi connectivity index (χ2n) is 5.17. The summed E-state index contributed by atoms with van der Waals surface area (Å²) in [5.74, 6) is 0.361. The molecule has 3 aromatic rings. The summed E-state index contributed by atoms with van der Waals surface area (Å²) in [4.78, 5) is 25.4. The van der Waals surface area contributed by atoms with Crippen molar-refractivity contribution in [2.45, 2.75) is 13.5 Å². The summed E-state index contributed by atoms with van der Waals surface area (Å²) in [6.45, 7) is 2.26. The number of hydrogen-bond donors (Lipinski definition) is 2. The van der Waals surface area contributed by atoms with Gasteiger partial charge in [0.1, 0.15) is 5.69 Å². The van der Waals surface area contributed by atoms with Crippen molar-refractivity contribution in [2.24, 2.45) is 0 Å². The van der Waals surface area contributed by atoms with E-state index in [0.717, 1.165) is 5.56 Å². The van der Waals surface area contributed by atoms with E-state index in [2.05, 4.69) is 15.5 Å². The molecule has 1 aromatic carbocycles. The Morgan fingerprint density at radius 1 is 1.22 bits per heavy atom. The molecule has 0 aliphatic rings. The highest BCUT2D eigenvalue weighted by molar-refractivity contribution is 5.93. The van der Waals surface area contributed by atoms with Crippen molar-refractivity contribution in [3.05, 3.63) is 75.8 Å². The maximum absolute atomic E-state index is 12.0. The molecule has 6 heteroatoms. The zero-order valence-corrected chi connectivity index (χ0v) is 12.5. The van der Waals surface area contributed by atoms with Crippen LogP contribution in [0.3, 0.4) is 0 Å². The number of H-pyrrole nitrogens is 1. The van der Waals surface area contributed by atoms with Crippen molar-refractivity contribution in [3.8, 4) is 11.3 Å². The molecule has 2 N–H and O–H groups in total. The maximum atomic E-state index is 12.0. The highest BCUT2D eigenvalue weighted by Gasteiger charge is 2.09. The zero-order chi connectivity index (χ0) is 16.2. The Balaban J connectivity index is 1.65. The van der Waals surface area contributed by atoms with E-state index in [9.17, 15) is 9.59 Å². The lowest BCUT2D eigenvalue weighted by Gasteiger charge is -2.01. The van der Waals surface area contributed by atoms with Crippen LogP contribution in [-0.2, 0) is 6.54 Å². The summed E-state index contributed by atoms with van der Waals surface area (Å²) < 4.78 is 5.30. The summed E-state index contributed by atoms with van der Waals surface area (Å²) in [7, 11) is 0. The molecule has 116 valence electrons. The molecule has 0 radical (unpaired) electrons. The quantitative estimate of drug-likeness (QED) is 0.774. The van der Waals surface area contributed by atoms with Crippen LogP contribution in [0.4, 0.5) is 0 Å². The van der Waals surface area contributed by atoms with Gasteiger partial charge >= 0.3 is 0 Å². The second-order valence-corrected chi connectivity index (χ2v) is 5.17. The third-order valence-corrected chi connectivity index (χ3v) is 3.37. The first-order chi connectivity index (χ1) is 11.1. The van der Waals surface area contributed by atoms with E-state index in [1.54, 1.807) is 6.07 Å². The largest absolute Gasteiger partial charge is 0.356 e. The summed E-state index contributed by atoms with van der Waals surface area (Å²) >= 11 is 0. The molecule has 0 atom stereocenters. The van der Waals surface area contributed by atoms with Crippen LogP contribution in [0, 0.1) is 6.92 Å². The van der Waals surface area contributed by atoms with Gasteiger partial charge in [-0.05, 0) is 13.0 Å². The predicted octanol–water partition coefficient (Wildman–Crippen LogP) is 2.27. The van der Waals surface area contributed by atoms with Crippen LogP contribution in [-0.4, -0.2) is 16.0 Å². The standard InChI is InChI=1S/C17H15N3O3/c1-11-2-4-12(5-3-11)15-8-14(20-23-15)10-19-17(22)13-6-7-16(21)18-9-13/h2-9H,10H2,1H3,(H,18,21)(H,19,22). The van der Waals surface area contributed by atoms with E-state index in [0.29, 0.717) is 17.0 Å². The number of amides is 1. The lowest BCUT2D eigenvalue weighted by molar-refractivity contribution is 0.0949. The molecule has 6 nitrogen and oxygen atoms in total. The van der Waals surface area contributed by atoms with Crippen molar-refractivity contribution in [1.29, 1.82) is 0 Å². The van der Waals surface area contributed by atoms with Crippen LogP contribution in [0.1, 0.15) is 21.6 Å². The number of carbonyl (C=O) groups is 1. The molecule has 1 amide bonds. The topological polar surface area (TPSA) is 88.0 Å². The third-order valence-electron chi connectivity index (χ3n) is 3.37. The van der Waals surface area contributed by atoms with E-state index < -0.39 is 0 Å². The number of benzene rings is 1. The highest BCUT2D eigenvalue weighted by Crippen LogP contribution is 2.20. The minimum atomic E-state index is -0.291. The van der Waals surface area contributed by atoms with E-state index in [4.69, 9.17) is 4.52 Å². The van der Waals surface area contributed by atoms with Crippen LogP contribution in [0.2, 0.25) is 0 Å². The number of rotatable bonds is 4. The number of hydrogen-bond acceptors (Lipinski definition) is 4. The van der Waals surface area contributed by atoms with Crippen LogP contribution in [0.25, 0.3) is 11.3 Å². The van der Waals surface area contributed by atoms with Crippen molar-refractivity contribution in [2.75, 3.05) is 0 Å². The molecule has 0 aliphatic heterocycles. The fraction of sp³-hybridized carbons (Fsp3) is 0.118. The number of nitrogens with one attached hydrogen (secondary N) is 2. The Morgan fingerprint density at radius 3 is 2.70 bits per heavy atom. The zero-order valence-electron chi connectivity index (χ0n) is 12.5. The van der Waals surface area contributed by atoms with Crippen LogP contribution >= 0.6 is 0 Å². The van der Waals surface area contributed by atoms with Gasteiger partial charge in [-0.3, -0.25) is 9.59 Å². The van der Waals surface area contributed by atoms with Gasteiger partial charge in [-0.2, -0.15) is 0 Å². The Kier molecular flexibility index (Phi) is 4.05. The number of pyridine rings is 1. The molecule has 0 spiro atoms. The summed E-state index contributed by atoms with van der Waals surface area (Å²) in [6.07, 6.45) is 1.37. The highest BCUT2D eigenvalue weighted by atomic mass is 16.5. The molecule has 2 heterocycles. The van der Waals surface area contributed by atoms with Gasteiger partial charge in [0, 0.05) is 23.9 Å². The fourth-order valence-corrected chi connectivity index (χ4v) is 2.07. The first-order valence-electron chi connectivity index (χ1n) is 7.11. The summed E-state index contributed by atoms with van der Waals surface area (Å²) in [6, 6.07) is 12.5. The summed E-state index contributed by atoms with van der Waals surface area (Å²) in [5.41, 5.74) is 2.86. The Bertz CT molecular complexity index is 858. The molecule has 0 bridgehead atoms. The smallest absolute Gasteiger partial charge is 0.253 e. The molecule has 0 unspecified atom stereocenters. The minimum Gasteiger partial charge on any atom is -0.356 e. The third kappa shape index (κ3) is 3.55. The van der Waals surface area contributed by atoms with Gasteiger partial charge in [-0.1, -0.05) is 35.0 Å². The monoisotopic (exact) mass is 309 g/mol. The Labute approximate surface area is 132 Å². The average molecular weight is 309 g/mol. The molecule has 0 saturated heterocycles. The Morgan fingerprint density at radius 2 is 2.00 bits per heavy atom. The molecule has 23 heavy (non-hydrogen) atoms. The normalized spacial score (nSPS) is 10.5. The number of carbonyl (C=O) groups excluding carboxylic acids is 1. The van der Waals surface area contributed by atoms with Crippen molar-refractivity contribution < 1.29 is 9.32 Å². The number of aryl methyl sites for hydroxylation is 1. The van der Waals surface area contributed by atoms with Gasteiger partial charge in [0.15, 0.2) is 5.76 Å². The second kappa shape index (κ2) is 6.31. The van der Waals surface area contributed by atoms with E-state index in [1.165, 1.54) is 23.9 Å². The van der Waals surface area contributed by atoms with Crippen LogP contribution < -0.4 is 10.9 Å². The number of aromatic amines is 1. The molecule has 0 aliphatic carbocycles. The Hall–Kier alpha value is -3.15. The first kappa shape index (κ1) is 14.8. The van der Waals surface area contributed by atoms with Crippen molar-refractivity contribution in [3.63, 3.8) is 0 Å². The van der Waals surface area contributed by atoms with Gasteiger partial charge in [-0.15, -0.1) is 0 Å². The van der Waals surface area contributed by atoms with E-state index in [1.807, 2.05) is 31.2 Å². The molecular formula is C17H15N3O3. The van der Waals surface area contributed by atoms with Crippen molar-refractivity contribution in [1.82, 2.24) is 15.5 Å². The summed E-state index contributed by atoms with van der Waals surface area (Å²) in [5, 5.41) is 6.67. The molecule has 0 saturated carbocycles. The fourth-order valence-electron chi connectivity index (χ4n) is 2.07.